The van der Waals surface area contributed by atoms with Crippen LogP contribution in [0.4, 0.5) is 0 Å². The summed E-state index contributed by atoms with van der Waals surface area (Å²) >= 11 is 0. The van der Waals surface area contributed by atoms with Crippen molar-refractivity contribution in [2.24, 2.45) is 11.8 Å². The zero-order valence-corrected chi connectivity index (χ0v) is 15.3. The summed E-state index contributed by atoms with van der Waals surface area (Å²) in [6.07, 6.45) is 2.11. The molecule has 0 aromatic rings. The highest BCUT2D eigenvalue weighted by molar-refractivity contribution is 6.60. The number of allylic oxidation sites excluding steroid dienone is 1. The second-order valence-electron chi connectivity index (χ2n) is 5.30. The van der Waals surface area contributed by atoms with Crippen molar-refractivity contribution < 1.29 is 13.3 Å². The second-order valence-corrected chi connectivity index (χ2v) is 8.03. The third-order valence-electron chi connectivity index (χ3n) is 3.95. The van der Waals surface area contributed by atoms with E-state index in [-0.39, 0.29) is 0 Å². The molecule has 0 aliphatic rings. The number of hydrogen-bond acceptors (Lipinski definition) is 3. The van der Waals surface area contributed by atoms with Crippen molar-refractivity contribution in [1.29, 1.82) is 0 Å². The molecule has 4 heteroatoms. The van der Waals surface area contributed by atoms with Crippen molar-refractivity contribution in [1.82, 2.24) is 0 Å². The quantitative estimate of drug-likeness (QED) is 0.387. The van der Waals surface area contributed by atoms with E-state index < -0.39 is 8.80 Å². The first-order valence-corrected chi connectivity index (χ1v) is 9.98. The Bertz CT molecular complexity index is 251. The van der Waals surface area contributed by atoms with Crippen LogP contribution in [0.2, 0.25) is 6.04 Å². The predicted octanol–water partition coefficient (Wildman–Crippen LogP) is 4.66. The van der Waals surface area contributed by atoms with E-state index in [0.29, 0.717) is 31.7 Å². The van der Waals surface area contributed by atoms with Gasteiger partial charge in [0.1, 0.15) is 0 Å². The minimum absolute atomic E-state index is 0.538. The SMILES string of the molecule is C=C(CC)C(C)C(C)CC[Si](OCC)(OCC)OCC. The average molecular weight is 303 g/mol. The molecule has 20 heavy (non-hydrogen) atoms. The molecule has 3 nitrogen and oxygen atoms in total. The van der Waals surface area contributed by atoms with E-state index in [9.17, 15) is 0 Å². The first kappa shape index (κ1) is 19.8. The predicted molar refractivity (Wildman–Crippen MR) is 87.8 cm³/mol. The molecule has 0 aromatic carbocycles. The molecular weight excluding hydrogens is 268 g/mol. The van der Waals surface area contributed by atoms with E-state index in [1.165, 1.54) is 5.57 Å². The maximum Gasteiger partial charge on any atom is 0.500 e. The molecule has 0 saturated carbocycles. The van der Waals surface area contributed by atoms with Gasteiger partial charge in [0.25, 0.3) is 0 Å². The van der Waals surface area contributed by atoms with Crippen molar-refractivity contribution in [2.45, 2.75) is 60.4 Å². The molecule has 0 aromatic heterocycles. The lowest BCUT2D eigenvalue weighted by atomic mass is 9.86. The lowest BCUT2D eigenvalue weighted by Crippen LogP contribution is -2.46. The van der Waals surface area contributed by atoms with Crippen molar-refractivity contribution in [3.8, 4) is 0 Å². The Morgan fingerprint density at radius 2 is 1.40 bits per heavy atom. The van der Waals surface area contributed by atoms with Crippen LogP contribution in [0.5, 0.6) is 0 Å². The van der Waals surface area contributed by atoms with Gasteiger partial charge in [-0.3, -0.25) is 0 Å². The Morgan fingerprint density at radius 3 is 1.75 bits per heavy atom. The van der Waals surface area contributed by atoms with Crippen LogP contribution in [-0.2, 0) is 13.3 Å². The molecule has 0 aliphatic carbocycles. The van der Waals surface area contributed by atoms with Gasteiger partial charge in [0.15, 0.2) is 0 Å². The zero-order valence-electron chi connectivity index (χ0n) is 14.3. The first-order chi connectivity index (χ1) is 9.46. The summed E-state index contributed by atoms with van der Waals surface area (Å²) in [6.45, 7) is 18.9. The molecule has 120 valence electrons. The highest BCUT2D eigenvalue weighted by Gasteiger charge is 2.40. The van der Waals surface area contributed by atoms with Crippen LogP contribution < -0.4 is 0 Å². The van der Waals surface area contributed by atoms with Crippen LogP contribution in [0.15, 0.2) is 12.2 Å². The fourth-order valence-electron chi connectivity index (χ4n) is 2.38. The normalized spacial score (nSPS) is 15.1. The van der Waals surface area contributed by atoms with Gasteiger partial charge in [-0.2, -0.15) is 0 Å². The van der Waals surface area contributed by atoms with E-state index in [0.717, 1.165) is 18.9 Å². The lowest BCUT2D eigenvalue weighted by Gasteiger charge is -2.30. The van der Waals surface area contributed by atoms with Gasteiger partial charge >= 0.3 is 8.80 Å². The maximum atomic E-state index is 5.90. The maximum absolute atomic E-state index is 5.90. The van der Waals surface area contributed by atoms with E-state index in [1.807, 2.05) is 20.8 Å². The van der Waals surface area contributed by atoms with Gasteiger partial charge in [0.05, 0.1) is 0 Å². The molecule has 2 unspecified atom stereocenters. The topological polar surface area (TPSA) is 27.7 Å². The van der Waals surface area contributed by atoms with Crippen LogP contribution in [0.3, 0.4) is 0 Å². The Balaban J connectivity index is 4.61. The van der Waals surface area contributed by atoms with E-state index in [2.05, 4.69) is 27.4 Å². The van der Waals surface area contributed by atoms with Crippen LogP contribution in [0, 0.1) is 11.8 Å². The fourth-order valence-corrected chi connectivity index (χ4v) is 5.19. The Kier molecular flexibility index (Phi) is 10.5. The van der Waals surface area contributed by atoms with E-state index in [1.54, 1.807) is 0 Å². The largest absolute Gasteiger partial charge is 0.500 e. The number of hydrogen-bond donors (Lipinski definition) is 0. The van der Waals surface area contributed by atoms with Gasteiger partial charge in [0, 0.05) is 25.9 Å². The summed E-state index contributed by atoms with van der Waals surface area (Å²) in [5.41, 5.74) is 1.33. The van der Waals surface area contributed by atoms with Crippen molar-refractivity contribution in [2.75, 3.05) is 19.8 Å². The summed E-state index contributed by atoms with van der Waals surface area (Å²) in [7, 11) is -2.48. The Hall–Kier alpha value is -0.163. The van der Waals surface area contributed by atoms with Crippen molar-refractivity contribution in [3.63, 3.8) is 0 Å². The highest BCUT2D eigenvalue weighted by atomic mass is 28.4. The molecule has 0 amide bonds. The monoisotopic (exact) mass is 302 g/mol. The smallest absolute Gasteiger partial charge is 0.374 e. The minimum atomic E-state index is -2.48. The van der Waals surface area contributed by atoms with Crippen molar-refractivity contribution in [3.05, 3.63) is 12.2 Å². The molecule has 0 saturated heterocycles. The minimum Gasteiger partial charge on any atom is -0.374 e. The molecule has 0 aliphatic heterocycles. The van der Waals surface area contributed by atoms with Gasteiger partial charge < -0.3 is 13.3 Å². The summed E-state index contributed by atoms with van der Waals surface area (Å²) in [5, 5.41) is 0. The molecule has 0 rings (SSSR count). The summed E-state index contributed by atoms with van der Waals surface area (Å²) in [6, 6.07) is 0.894. The van der Waals surface area contributed by atoms with Gasteiger partial charge in [-0.1, -0.05) is 32.9 Å². The fraction of sp³-hybridized carbons (Fsp3) is 0.875. The molecule has 0 fully saturated rings. The average Bonchev–Trinajstić information content (AvgIpc) is 2.44. The van der Waals surface area contributed by atoms with Gasteiger partial charge in [0.2, 0.25) is 0 Å². The molecule has 0 heterocycles. The molecule has 2 atom stereocenters. The van der Waals surface area contributed by atoms with Crippen LogP contribution >= 0.6 is 0 Å². The third kappa shape index (κ3) is 6.53. The van der Waals surface area contributed by atoms with Crippen LogP contribution in [0.25, 0.3) is 0 Å². The van der Waals surface area contributed by atoms with E-state index >= 15 is 0 Å². The zero-order chi connectivity index (χ0) is 15.6. The second kappa shape index (κ2) is 10.5. The van der Waals surface area contributed by atoms with E-state index in [4.69, 9.17) is 13.3 Å². The van der Waals surface area contributed by atoms with Gasteiger partial charge in [-0.05, 0) is 45.4 Å². The van der Waals surface area contributed by atoms with Crippen LogP contribution in [-0.4, -0.2) is 28.6 Å². The Labute approximate surface area is 127 Å². The molecular formula is C16H34O3Si. The molecule has 0 N–H and O–H groups in total. The summed E-state index contributed by atoms with van der Waals surface area (Å²) in [4.78, 5) is 0. The standard InChI is InChI=1S/C16H34O3Si/c1-8-14(5)16(7)15(6)12-13-20(17-9-2,18-10-3)19-11-4/h15-16H,5,8-13H2,1-4,6-7H3. The number of rotatable bonds is 12. The molecule has 0 bridgehead atoms. The third-order valence-corrected chi connectivity index (χ3v) is 7.04. The van der Waals surface area contributed by atoms with Crippen molar-refractivity contribution >= 4 is 8.80 Å². The lowest BCUT2D eigenvalue weighted by molar-refractivity contribution is 0.0692. The summed E-state index contributed by atoms with van der Waals surface area (Å²) < 4.78 is 17.7. The first-order valence-electron chi connectivity index (χ1n) is 8.05. The summed E-state index contributed by atoms with van der Waals surface area (Å²) in [5.74, 6) is 1.12. The highest BCUT2D eigenvalue weighted by Crippen LogP contribution is 2.28. The molecule has 0 radical (unpaired) electrons. The van der Waals surface area contributed by atoms with Crippen LogP contribution in [0.1, 0.15) is 54.4 Å². The van der Waals surface area contributed by atoms with Gasteiger partial charge in [-0.25, -0.2) is 0 Å². The molecule has 0 spiro atoms. The Morgan fingerprint density at radius 1 is 0.950 bits per heavy atom. The van der Waals surface area contributed by atoms with Gasteiger partial charge in [-0.15, -0.1) is 0 Å².